The van der Waals surface area contributed by atoms with Gasteiger partial charge in [-0.05, 0) is 42.5 Å². The summed E-state index contributed by atoms with van der Waals surface area (Å²) in [6, 6.07) is 11.4. The van der Waals surface area contributed by atoms with E-state index in [4.69, 9.17) is 4.42 Å². The van der Waals surface area contributed by atoms with Crippen LogP contribution < -0.4 is 10.7 Å². The van der Waals surface area contributed by atoms with Gasteiger partial charge in [-0.25, -0.2) is 4.39 Å². The first-order valence-corrected chi connectivity index (χ1v) is 7.12. The second-order valence-electron chi connectivity index (χ2n) is 4.58. The van der Waals surface area contributed by atoms with Gasteiger partial charge < -0.3 is 9.73 Å². The standard InChI is InChI=1S/C16H9BrFNO3/c17-9-1-6-12-13(20)8-15(22-14(12)7-9)16(21)19-11-4-2-10(18)3-5-11/h1-8H,(H,19,21). The van der Waals surface area contributed by atoms with Crippen molar-refractivity contribution in [2.45, 2.75) is 0 Å². The van der Waals surface area contributed by atoms with Crippen molar-refractivity contribution in [1.82, 2.24) is 0 Å². The van der Waals surface area contributed by atoms with Crippen molar-refractivity contribution in [1.29, 1.82) is 0 Å². The summed E-state index contributed by atoms with van der Waals surface area (Å²) in [5, 5.41) is 2.93. The number of carbonyl (C=O) groups excluding carboxylic acids is 1. The highest BCUT2D eigenvalue weighted by Crippen LogP contribution is 2.19. The highest BCUT2D eigenvalue weighted by molar-refractivity contribution is 9.10. The van der Waals surface area contributed by atoms with Crippen LogP contribution in [0.3, 0.4) is 0 Å². The lowest BCUT2D eigenvalue weighted by molar-refractivity contribution is 0.0997. The summed E-state index contributed by atoms with van der Waals surface area (Å²) in [5.74, 6) is -1.09. The van der Waals surface area contributed by atoms with E-state index in [2.05, 4.69) is 21.2 Å². The summed E-state index contributed by atoms with van der Waals surface area (Å²) < 4.78 is 19.0. The van der Waals surface area contributed by atoms with Gasteiger partial charge in [0, 0.05) is 16.2 Å². The summed E-state index contributed by atoms with van der Waals surface area (Å²) in [6.07, 6.45) is 0. The number of carbonyl (C=O) groups is 1. The van der Waals surface area contributed by atoms with Crippen LogP contribution in [0.5, 0.6) is 0 Å². The zero-order valence-corrected chi connectivity index (χ0v) is 12.7. The van der Waals surface area contributed by atoms with Crippen molar-refractivity contribution >= 4 is 38.5 Å². The third-order valence-electron chi connectivity index (χ3n) is 3.02. The third-order valence-corrected chi connectivity index (χ3v) is 3.51. The molecule has 1 N–H and O–H groups in total. The molecule has 6 heteroatoms. The fraction of sp³-hybridized carbons (Fsp3) is 0. The van der Waals surface area contributed by atoms with E-state index in [0.717, 1.165) is 10.5 Å². The number of fused-ring (bicyclic) bond motifs is 1. The molecule has 1 aromatic heterocycles. The molecule has 3 rings (SSSR count). The maximum absolute atomic E-state index is 12.8. The molecule has 1 amide bonds. The predicted molar refractivity (Wildman–Crippen MR) is 84.5 cm³/mol. The van der Waals surface area contributed by atoms with Crippen molar-refractivity contribution < 1.29 is 13.6 Å². The molecule has 0 aliphatic rings. The fourth-order valence-electron chi connectivity index (χ4n) is 1.97. The molecule has 0 saturated carbocycles. The van der Waals surface area contributed by atoms with Gasteiger partial charge in [0.15, 0.2) is 11.2 Å². The van der Waals surface area contributed by atoms with E-state index in [1.165, 1.54) is 24.3 Å². The molecule has 1 heterocycles. The van der Waals surface area contributed by atoms with Crippen LogP contribution >= 0.6 is 15.9 Å². The van der Waals surface area contributed by atoms with Crippen LogP contribution in [-0.2, 0) is 0 Å². The van der Waals surface area contributed by atoms with E-state index in [0.29, 0.717) is 16.7 Å². The molecule has 0 spiro atoms. The number of hydrogen-bond donors (Lipinski definition) is 1. The summed E-state index contributed by atoms with van der Waals surface area (Å²) in [5.41, 5.74) is 0.410. The maximum Gasteiger partial charge on any atom is 0.291 e. The monoisotopic (exact) mass is 361 g/mol. The molecule has 0 bridgehead atoms. The molecule has 0 radical (unpaired) electrons. The fourth-order valence-corrected chi connectivity index (χ4v) is 2.31. The van der Waals surface area contributed by atoms with Gasteiger partial charge in [0.25, 0.3) is 5.91 Å². The topological polar surface area (TPSA) is 59.3 Å². The van der Waals surface area contributed by atoms with Crippen LogP contribution in [0.2, 0.25) is 0 Å². The second kappa shape index (κ2) is 5.73. The molecule has 3 aromatic rings. The molecule has 0 aliphatic heterocycles. The average Bonchev–Trinajstić information content (AvgIpc) is 2.49. The molecule has 0 saturated heterocycles. The van der Waals surface area contributed by atoms with Gasteiger partial charge in [0.2, 0.25) is 0 Å². The van der Waals surface area contributed by atoms with E-state index in [1.54, 1.807) is 18.2 Å². The number of nitrogens with one attached hydrogen (secondary N) is 1. The van der Waals surface area contributed by atoms with Crippen LogP contribution in [0.1, 0.15) is 10.6 Å². The van der Waals surface area contributed by atoms with Gasteiger partial charge >= 0.3 is 0 Å². The molecule has 0 unspecified atom stereocenters. The van der Waals surface area contributed by atoms with Crippen LogP contribution in [0.4, 0.5) is 10.1 Å². The molecule has 0 fully saturated rings. The molecular formula is C16H9BrFNO3. The Balaban J connectivity index is 1.97. The minimum absolute atomic E-state index is 0.111. The Kier molecular flexibility index (Phi) is 3.77. The van der Waals surface area contributed by atoms with Crippen molar-refractivity contribution in [2.75, 3.05) is 5.32 Å². The van der Waals surface area contributed by atoms with Gasteiger partial charge in [0.1, 0.15) is 11.4 Å². The van der Waals surface area contributed by atoms with E-state index in [9.17, 15) is 14.0 Å². The zero-order valence-electron chi connectivity index (χ0n) is 11.1. The third kappa shape index (κ3) is 2.92. The Bertz CT molecular complexity index is 919. The van der Waals surface area contributed by atoms with Gasteiger partial charge in [-0.15, -0.1) is 0 Å². The number of benzene rings is 2. The van der Waals surface area contributed by atoms with Gasteiger partial charge in [-0.2, -0.15) is 0 Å². The molecular weight excluding hydrogens is 353 g/mol. The Hall–Kier alpha value is -2.47. The zero-order chi connectivity index (χ0) is 15.7. The molecule has 2 aromatic carbocycles. The first-order valence-electron chi connectivity index (χ1n) is 6.33. The molecule has 22 heavy (non-hydrogen) atoms. The van der Waals surface area contributed by atoms with Crippen LogP contribution in [0, 0.1) is 5.82 Å². The maximum atomic E-state index is 12.8. The van der Waals surface area contributed by atoms with E-state index < -0.39 is 11.7 Å². The van der Waals surface area contributed by atoms with Gasteiger partial charge in [-0.3, -0.25) is 9.59 Å². The average molecular weight is 362 g/mol. The van der Waals surface area contributed by atoms with Crippen LogP contribution in [0.15, 0.2) is 62.2 Å². The van der Waals surface area contributed by atoms with Crippen LogP contribution in [-0.4, -0.2) is 5.91 Å². The Morgan fingerprint density at radius 2 is 1.82 bits per heavy atom. The lowest BCUT2D eigenvalue weighted by atomic mass is 10.2. The van der Waals surface area contributed by atoms with E-state index in [-0.39, 0.29) is 11.2 Å². The molecule has 0 aliphatic carbocycles. The smallest absolute Gasteiger partial charge is 0.291 e. The largest absolute Gasteiger partial charge is 0.451 e. The SMILES string of the molecule is O=C(Nc1ccc(F)cc1)c1cc(=O)c2ccc(Br)cc2o1. The minimum Gasteiger partial charge on any atom is -0.451 e. The molecule has 4 nitrogen and oxygen atoms in total. The van der Waals surface area contributed by atoms with Crippen molar-refractivity contribution in [3.05, 3.63) is 74.8 Å². The van der Waals surface area contributed by atoms with E-state index in [1.807, 2.05) is 0 Å². The van der Waals surface area contributed by atoms with Crippen molar-refractivity contribution in [2.24, 2.45) is 0 Å². The summed E-state index contributed by atoms with van der Waals surface area (Å²) in [6.45, 7) is 0. The van der Waals surface area contributed by atoms with Gasteiger partial charge in [0.05, 0.1) is 5.39 Å². The second-order valence-corrected chi connectivity index (χ2v) is 5.49. The normalized spacial score (nSPS) is 10.6. The van der Waals surface area contributed by atoms with Crippen molar-refractivity contribution in [3.63, 3.8) is 0 Å². The Morgan fingerprint density at radius 3 is 2.55 bits per heavy atom. The lowest BCUT2D eigenvalue weighted by Crippen LogP contribution is -2.14. The minimum atomic E-state index is -0.578. The van der Waals surface area contributed by atoms with Crippen molar-refractivity contribution in [3.8, 4) is 0 Å². The lowest BCUT2D eigenvalue weighted by Gasteiger charge is -2.05. The highest BCUT2D eigenvalue weighted by Gasteiger charge is 2.13. The summed E-state index contributed by atoms with van der Waals surface area (Å²) in [4.78, 5) is 24.1. The highest BCUT2D eigenvalue weighted by atomic mass is 79.9. The number of rotatable bonds is 2. The molecule has 110 valence electrons. The summed E-state index contributed by atoms with van der Waals surface area (Å²) in [7, 11) is 0. The summed E-state index contributed by atoms with van der Waals surface area (Å²) >= 11 is 3.28. The van der Waals surface area contributed by atoms with E-state index >= 15 is 0 Å². The Morgan fingerprint density at radius 1 is 1.09 bits per heavy atom. The number of amides is 1. The first kappa shape index (κ1) is 14.5. The number of anilines is 1. The number of halogens is 2. The predicted octanol–water partition coefficient (Wildman–Crippen LogP) is 3.95. The van der Waals surface area contributed by atoms with Gasteiger partial charge in [-0.1, -0.05) is 15.9 Å². The Labute approximate surface area is 132 Å². The molecule has 0 atom stereocenters. The van der Waals surface area contributed by atoms with Crippen LogP contribution in [0.25, 0.3) is 11.0 Å². The first-order chi connectivity index (χ1) is 10.5. The quantitative estimate of drug-likeness (QED) is 0.751. The number of hydrogen-bond acceptors (Lipinski definition) is 3.